The van der Waals surface area contributed by atoms with Crippen LogP contribution in [-0.2, 0) is 10.0 Å². The maximum absolute atomic E-state index is 12.5. The average molecular weight is 376 g/mol. The molecule has 0 radical (unpaired) electrons. The minimum atomic E-state index is -3.53. The van der Waals surface area contributed by atoms with Crippen molar-refractivity contribution in [3.05, 3.63) is 22.2 Å². The van der Waals surface area contributed by atoms with Crippen LogP contribution in [0.3, 0.4) is 0 Å². The van der Waals surface area contributed by atoms with Crippen LogP contribution >= 0.6 is 15.9 Å². The highest BCUT2D eigenvalue weighted by molar-refractivity contribution is 9.10. The van der Waals surface area contributed by atoms with E-state index in [4.69, 9.17) is 5.73 Å². The van der Waals surface area contributed by atoms with E-state index in [1.807, 2.05) is 0 Å². The van der Waals surface area contributed by atoms with Crippen molar-refractivity contribution in [3.8, 4) is 0 Å². The van der Waals surface area contributed by atoms with Gasteiger partial charge in [-0.25, -0.2) is 13.1 Å². The zero-order valence-corrected chi connectivity index (χ0v) is 14.8. The molecule has 118 valence electrons. The smallest absolute Gasteiger partial charge is 0.240 e. The van der Waals surface area contributed by atoms with Crippen molar-refractivity contribution in [2.24, 2.45) is 5.92 Å². The molecule has 0 bridgehead atoms. The molecule has 0 spiro atoms. The number of nitrogens with two attached hydrogens (primary N) is 1. The second kappa shape index (κ2) is 6.64. The Labute approximate surface area is 135 Å². The fraction of sp³-hybridized carbons (Fsp3) is 0.571. The maximum atomic E-state index is 12.5. The topological polar surface area (TPSA) is 75.4 Å². The molecule has 2 rings (SSSR count). The summed E-state index contributed by atoms with van der Waals surface area (Å²) in [5.41, 5.74) is 6.91. The lowest BCUT2D eigenvalue weighted by atomic mass is 9.99. The molecule has 21 heavy (non-hydrogen) atoms. The molecule has 1 aliphatic rings. The van der Waals surface area contributed by atoms with Crippen LogP contribution in [0.5, 0.6) is 0 Å². The summed E-state index contributed by atoms with van der Waals surface area (Å²) in [4.78, 5) is 2.49. The van der Waals surface area contributed by atoms with Gasteiger partial charge in [-0.1, -0.05) is 15.9 Å². The molecule has 0 amide bonds. The maximum Gasteiger partial charge on any atom is 0.240 e. The normalized spacial score (nSPS) is 20.6. The quantitative estimate of drug-likeness (QED) is 0.788. The molecule has 1 aromatic carbocycles. The van der Waals surface area contributed by atoms with Crippen LogP contribution in [0.4, 0.5) is 5.69 Å². The molecule has 5 nitrogen and oxygen atoms in total. The van der Waals surface area contributed by atoms with E-state index in [2.05, 4.69) is 32.6 Å². The summed E-state index contributed by atoms with van der Waals surface area (Å²) in [6, 6.07) is 3.31. The SMILES string of the molecule is Cc1c(N)cc(Br)cc1S(=O)(=O)NCC1CCCN(C)C1. The van der Waals surface area contributed by atoms with Crippen molar-refractivity contribution < 1.29 is 8.42 Å². The molecule has 1 aliphatic heterocycles. The Kier molecular flexibility index (Phi) is 5.29. The lowest BCUT2D eigenvalue weighted by Gasteiger charge is -2.29. The Balaban J connectivity index is 2.12. The number of likely N-dealkylation sites (tertiary alicyclic amines) is 1. The van der Waals surface area contributed by atoms with Gasteiger partial charge in [-0.05, 0) is 57.0 Å². The van der Waals surface area contributed by atoms with E-state index >= 15 is 0 Å². The van der Waals surface area contributed by atoms with Gasteiger partial charge < -0.3 is 10.6 Å². The fourth-order valence-corrected chi connectivity index (χ4v) is 4.74. The summed E-state index contributed by atoms with van der Waals surface area (Å²) in [5, 5.41) is 0. The molecule has 1 atom stereocenters. The summed E-state index contributed by atoms with van der Waals surface area (Å²) < 4.78 is 28.4. The van der Waals surface area contributed by atoms with Crippen molar-refractivity contribution in [2.75, 3.05) is 32.4 Å². The summed E-state index contributed by atoms with van der Waals surface area (Å²) in [6.45, 7) is 4.22. The van der Waals surface area contributed by atoms with E-state index in [9.17, 15) is 8.42 Å². The number of halogens is 1. The summed E-state index contributed by atoms with van der Waals surface area (Å²) in [6.07, 6.45) is 2.18. The van der Waals surface area contributed by atoms with Gasteiger partial charge in [0.2, 0.25) is 10.0 Å². The first-order chi connectivity index (χ1) is 9.79. The number of nitrogens with zero attached hydrogens (tertiary/aromatic N) is 1. The molecule has 1 saturated heterocycles. The minimum absolute atomic E-state index is 0.249. The predicted octanol–water partition coefficient (Wildman–Crippen LogP) is 1.96. The number of benzene rings is 1. The van der Waals surface area contributed by atoms with E-state index in [0.717, 1.165) is 25.9 Å². The Bertz CT molecular complexity index is 619. The second-order valence-corrected chi connectivity index (χ2v) is 8.39. The largest absolute Gasteiger partial charge is 0.398 e. The van der Waals surface area contributed by atoms with Gasteiger partial charge in [0.05, 0.1) is 4.90 Å². The predicted molar refractivity (Wildman–Crippen MR) is 88.7 cm³/mol. The third-order valence-corrected chi connectivity index (χ3v) is 5.95. The molecule has 0 aromatic heterocycles. The molecule has 0 aliphatic carbocycles. The van der Waals surface area contributed by atoms with E-state index in [-0.39, 0.29) is 4.90 Å². The molecule has 0 saturated carbocycles. The highest BCUT2D eigenvalue weighted by atomic mass is 79.9. The van der Waals surface area contributed by atoms with Crippen molar-refractivity contribution in [1.29, 1.82) is 0 Å². The van der Waals surface area contributed by atoms with Gasteiger partial charge in [0.25, 0.3) is 0 Å². The highest BCUT2D eigenvalue weighted by Crippen LogP contribution is 2.26. The van der Waals surface area contributed by atoms with Gasteiger partial charge in [-0.15, -0.1) is 0 Å². The molecule has 7 heteroatoms. The Morgan fingerprint density at radius 1 is 1.48 bits per heavy atom. The van der Waals surface area contributed by atoms with Gasteiger partial charge >= 0.3 is 0 Å². The van der Waals surface area contributed by atoms with Gasteiger partial charge in [-0.2, -0.15) is 0 Å². The fourth-order valence-electron chi connectivity index (χ4n) is 2.70. The van der Waals surface area contributed by atoms with Crippen LogP contribution in [0, 0.1) is 12.8 Å². The third kappa shape index (κ3) is 4.18. The first kappa shape index (κ1) is 16.7. The number of nitrogens with one attached hydrogen (secondary N) is 1. The second-order valence-electron chi connectivity index (χ2n) is 5.74. The molecule has 1 heterocycles. The molecule has 3 N–H and O–H groups in total. The molecular weight excluding hydrogens is 354 g/mol. The number of sulfonamides is 1. The van der Waals surface area contributed by atoms with Crippen LogP contribution in [0.25, 0.3) is 0 Å². The number of piperidine rings is 1. The van der Waals surface area contributed by atoms with Crippen LogP contribution in [-0.4, -0.2) is 40.0 Å². The van der Waals surface area contributed by atoms with Gasteiger partial charge in [0, 0.05) is 23.2 Å². The standard InChI is InChI=1S/C14H22BrN3O2S/c1-10-13(16)6-12(15)7-14(10)21(19,20)17-8-11-4-3-5-18(2)9-11/h6-7,11,17H,3-5,8-9,16H2,1-2H3. The highest BCUT2D eigenvalue weighted by Gasteiger charge is 2.22. The minimum Gasteiger partial charge on any atom is -0.398 e. The van der Waals surface area contributed by atoms with Crippen molar-refractivity contribution in [2.45, 2.75) is 24.7 Å². The van der Waals surface area contributed by atoms with Crippen LogP contribution in [0.2, 0.25) is 0 Å². The van der Waals surface area contributed by atoms with Crippen LogP contribution in [0.15, 0.2) is 21.5 Å². The summed E-state index contributed by atoms with van der Waals surface area (Å²) in [5.74, 6) is 0.364. The molecule has 1 fully saturated rings. The van der Waals surface area contributed by atoms with Gasteiger partial charge in [0.1, 0.15) is 0 Å². The van der Waals surface area contributed by atoms with E-state index < -0.39 is 10.0 Å². The summed E-state index contributed by atoms with van der Waals surface area (Å²) >= 11 is 3.30. The first-order valence-corrected chi connectivity index (χ1v) is 9.31. The van der Waals surface area contributed by atoms with Crippen LogP contribution in [0.1, 0.15) is 18.4 Å². The van der Waals surface area contributed by atoms with E-state index in [0.29, 0.717) is 28.2 Å². The lowest BCUT2D eigenvalue weighted by molar-refractivity contribution is 0.211. The molecule has 1 unspecified atom stereocenters. The van der Waals surface area contributed by atoms with E-state index in [1.165, 1.54) is 0 Å². The Hall–Kier alpha value is -0.630. The molecule has 1 aromatic rings. The monoisotopic (exact) mass is 375 g/mol. The summed E-state index contributed by atoms with van der Waals surface area (Å²) in [7, 11) is -1.46. The number of nitrogen functional groups attached to an aromatic ring is 1. The van der Waals surface area contributed by atoms with Crippen LogP contribution < -0.4 is 10.5 Å². The van der Waals surface area contributed by atoms with Gasteiger partial charge in [-0.3, -0.25) is 0 Å². The molecular formula is C14H22BrN3O2S. The number of anilines is 1. The zero-order valence-electron chi connectivity index (χ0n) is 12.4. The first-order valence-electron chi connectivity index (χ1n) is 7.03. The lowest BCUT2D eigenvalue weighted by Crippen LogP contribution is -2.39. The van der Waals surface area contributed by atoms with Gasteiger partial charge in [0.15, 0.2) is 0 Å². The third-order valence-electron chi connectivity index (χ3n) is 3.94. The van der Waals surface area contributed by atoms with Crippen molar-refractivity contribution >= 4 is 31.6 Å². The zero-order chi connectivity index (χ0) is 15.6. The number of rotatable bonds is 4. The van der Waals surface area contributed by atoms with Crippen molar-refractivity contribution in [1.82, 2.24) is 9.62 Å². The van der Waals surface area contributed by atoms with Crippen molar-refractivity contribution in [3.63, 3.8) is 0 Å². The Morgan fingerprint density at radius 3 is 2.86 bits per heavy atom. The Morgan fingerprint density at radius 2 is 2.19 bits per heavy atom. The number of hydrogen-bond acceptors (Lipinski definition) is 4. The average Bonchev–Trinajstić information content (AvgIpc) is 2.41. The number of hydrogen-bond donors (Lipinski definition) is 2. The van der Waals surface area contributed by atoms with E-state index in [1.54, 1.807) is 19.1 Å².